The van der Waals surface area contributed by atoms with Gasteiger partial charge in [-0.05, 0) is 39.5 Å². The zero-order valence-corrected chi connectivity index (χ0v) is 11.3. The Morgan fingerprint density at radius 1 is 1.44 bits per heavy atom. The molecule has 0 unspecified atom stereocenters. The van der Waals surface area contributed by atoms with Crippen molar-refractivity contribution in [3.8, 4) is 0 Å². The molecule has 0 bridgehead atoms. The Hall–Kier alpha value is -0.580. The van der Waals surface area contributed by atoms with Crippen molar-refractivity contribution >= 4 is 21.6 Å². The van der Waals surface area contributed by atoms with Crippen molar-refractivity contribution in [1.29, 1.82) is 0 Å². The van der Waals surface area contributed by atoms with Crippen molar-refractivity contribution in [2.45, 2.75) is 26.4 Å². The molecule has 1 atom stereocenters. The van der Waals surface area contributed by atoms with Gasteiger partial charge in [0.15, 0.2) is 0 Å². The number of aliphatic hydroxyl groups is 1. The molecule has 0 saturated carbocycles. The summed E-state index contributed by atoms with van der Waals surface area (Å²) in [7, 11) is 0. The lowest BCUT2D eigenvalue weighted by Crippen LogP contribution is -2.29. The second-order valence-corrected chi connectivity index (χ2v) is 5.05. The van der Waals surface area contributed by atoms with E-state index in [2.05, 4.69) is 35.1 Å². The molecule has 4 heteroatoms. The first-order valence-corrected chi connectivity index (χ1v) is 6.23. The molecule has 0 heterocycles. The van der Waals surface area contributed by atoms with Gasteiger partial charge in [-0.25, -0.2) is 0 Å². The fraction of sp³-hybridized carbons (Fsp3) is 0.500. The van der Waals surface area contributed by atoms with Gasteiger partial charge in [0, 0.05) is 16.7 Å². The van der Waals surface area contributed by atoms with E-state index >= 15 is 0 Å². The first-order chi connectivity index (χ1) is 7.58. The molecule has 0 fully saturated rings. The third-order valence-corrected chi connectivity index (χ3v) is 3.27. The second-order valence-electron chi connectivity index (χ2n) is 4.20. The summed E-state index contributed by atoms with van der Waals surface area (Å²) in [5.41, 5.74) is 7.64. The topological polar surface area (TPSA) is 58.3 Å². The molecule has 1 aromatic carbocycles. The van der Waals surface area contributed by atoms with Crippen LogP contribution in [0.1, 0.15) is 19.4 Å². The molecule has 0 aliphatic rings. The van der Waals surface area contributed by atoms with E-state index in [1.165, 1.54) is 0 Å². The Balaban J connectivity index is 2.80. The van der Waals surface area contributed by atoms with Crippen LogP contribution in [0.15, 0.2) is 22.7 Å². The van der Waals surface area contributed by atoms with Gasteiger partial charge in [-0.1, -0.05) is 19.9 Å². The number of rotatable bonds is 5. The molecule has 1 aromatic rings. The summed E-state index contributed by atoms with van der Waals surface area (Å²) < 4.78 is 0.981. The lowest BCUT2D eigenvalue weighted by atomic mass is 10.0. The van der Waals surface area contributed by atoms with Gasteiger partial charge in [-0.3, -0.25) is 0 Å². The number of benzene rings is 1. The van der Waals surface area contributed by atoms with Crippen molar-refractivity contribution in [3.05, 3.63) is 28.2 Å². The highest BCUT2D eigenvalue weighted by Gasteiger charge is 2.13. The van der Waals surface area contributed by atoms with Gasteiger partial charge in [0.05, 0.1) is 12.6 Å². The molecule has 4 N–H and O–H groups in total. The van der Waals surface area contributed by atoms with Gasteiger partial charge in [-0.2, -0.15) is 0 Å². The van der Waals surface area contributed by atoms with E-state index in [4.69, 9.17) is 5.73 Å². The molecule has 0 saturated heterocycles. The summed E-state index contributed by atoms with van der Waals surface area (Å²) in [6.07, 6.45) is 0. The third kappa shape index (κ3) is 3.47. The van der Waals surface area contributed by atoms with Crippen molar-refractivity contribution in [2.75, 3.05) is 11.9 Å². The summed E-state index contributed by atoms with van der Waals surface area (Å²) in [5.74, 6) is 0.381. The average molecular weight is 287 g/mol. The van der Waals surface area contributed by atoms with E-state index in [0.717, 1.165) is 15.7 Å². The Morgan fingerprint density at radius 3 is 2.56 bits per heavy atom. The number of nitrogens with one attached hydrogen (secondary N) is 1. The molecule has 16 heavy (non-hydrogen) atoms. The summed E-state index contributed by atoms with van der Waals surface area (Å²) in [5, 5.41) is 12.6. The van der Waals surface area contributed by atoms with Gasteiger partial charge in [0.2, 0.25) is 0 Å². The van der Waals surface area contributed by atoms with Crippen LogP contribution in [0.2, 0.25) is 0 Å². The molecule has 3 nitrogen and oxygen atoms in total. The van der Waals surface area contributed by atoms with E-state index in [0.29, 0.717) is 12.5 Å². The van der Waals surface area contributed by atoms with Crippen LogP contribution < -0.4 is 11.1 Å². The largest absolute Gasteiger partial charge is 0.394 e. The fourth-order valence-electron chi connectivity index (χ4n) is 1.43. The number of nitrogens with two attached hydrogens (primary N) is 1. The summed E-state index contributed by atoms with van der Waals surface area (Å²) in [6, 6.07) is 6.04. The van der Waals surface area contributed by atoms with E-state index in [-0.39, 0.29) is 12.6 Å². The van der Waals surface area contributed by atoms with Gasteiger partial charge in [0.1, 0.15) is 0 Å². The smallest absolute Gasteiger partial charge is 0.0635 e. The monoisotopic (exact) mass is 286 g/mol. The number of hydrogen-bond donors (Lipinski definition) is 3. The van der Waals surface area contributed by atoms with Crippen LogP contribution in [0.5, 0.6) is 0 Å². The maximum Gasteiger partial charge on any atom is 0.0635 e. The minimum Gasteiger partial charge on any atom is -0.394 e. The van der Waals surface area contributed by atoms with Crippen molar-refractivity contribution in [3.63, 3.8) is 0 Å². The lowest BCUT2D eigenvalue weighted by molar-refractivity contribution is 0.249. The Morgan fingerprint density at radius 2 is 2.12 bits per heavy atom. The molecular formula is C12H19BrN2O. The number of hydrogen-bond acceptors (Lipinski definition) is 3. The number of halogens is 1. The van der Waals surface area contributed by atoms with Crippen LogP contribution in [0.25, 0.3) is 0 Å². The van der Waals surface area contributed by atoms with Crippen LogP contribution >= 0.6 is 15.9 Å². The molecule has 1 rings (SSSR count). The predicted octanol–water partition coefficient (Wildman–Crippen LogP) is 2.34. The number of aliphatic hydroxyl groups excluding tert-OH is 1. The molecule has 0 aliphatic heterocycles. The summed E-state index contributed by atoms with van der Waals surface area (Å²) in [4.78, 5) is 0. The number of anilines is 1. The van der Waals surface area contributed by atoms with Crippen molar-refractivity contribution in [2.24, 2.45) is 11.7 Å². The second kappa shape index (κ2) is 6.23. The van der Waals surface area contributed by atoms with Crippen molar-refractivity contribution < 1.29 is 5.11 Å². The van der Waals surface area contributed by atoms with Crippen LogP contribution in [-0.4, -0.2) is 17.8 Å². The van der Waals surface area contributed by atoms with E-state index in [9.17, 15) is 5.11 Å². The first-order valence-electron chi connectivity index (χ1n) is 5.44. The van der Waals surface area contributed by atoms with Crippen LogP contribution in [0, 0.1) is 5.92 Å². The Kier molecular flexibility index (Phi) is 5.25. The minimum absolute atomic E-state index is 0.0695. The van der Waals surface area contributed by atoms with Crippen LogP contribution in [0.3, 0.4) is 0 Å². The van der Waals surface area contributed by atoms with Gasteiger partial charge in [0.25, 0.3) is 0 Å². The highest BCUT2D eigenvalue weighted by Crippen LogP contribution is 2.25. The van der Waals surface area contributed by atoms with Gasteiger partial charge in [-0.15, -0.1) is 0 Å². The average Bonchev–Trinajstić information content (AvgIpc) is 2.26. The van der Waals surface area contributed by atoms with Crippen molar-refractivity contribution in [1.82, 2.24) is 0 Å². The third-order valence-electron chi connectivity index (χ3n) is 2.61. The molecular weight excluding hydrogens is 268 g/mol. The first kappa shape index (κ1) is 13.5. The minimum atomic E-state index is 0.0695. The zero-order valence-electron chi connectivity index (χ0n) is 9.70. The molecule has 90 valence electrons. The standard InChI is InChI=1S/C12H19BrN2O/c1-8(2)12(7-16)15-11-4-3-9(6-14)5-10(11)13/h3-5,8,12,15-16H,6-7,14H2,1-2H3/t12-/m1/s1. The lowest BCUT2D eigenvalue weighted by Gasteiger charge is -2.22. The zero-order chi connectivity index (χ0) is 12.1. The van der Waals surface area contributed by atoms with E-state index in [1.54, 1.807) is 0 Å². The Bertz CT molecular complexity index is 342. The summed E-state index contributed by atoms with van der Waals surface area (Å²) in [6.45, 7) is 4.82. The molecule has 0 spiro atoms. The molecule has 0 amide bonds. The molecule has 0 aromatic heterocycles. The van der Waals surface area contributed by atoms with Crippen LogP contribution in [-0.2, 0) is 6.54 Å². The van der Waals surface area contributed by atoms with Gasteiger partial charge < -0.3 is 16.2 Å². The normalized spacial score (nSPS) is 12.9. The predicted molar refractivity (Wildman–Crippen MR) is 71.4 cm³/mol. The molecule has 0 radical (unpaired) electrons. The fourth-order valence-corrected chi connectivity index (χ4v) is 1.97. The van der Waals surface area contributed by atoms with Crippen LogP contribution in [0.4, 0.5) is 5.69 Å². The van der Waals surface area contributed by atoms with Gasteiger partial charge >= 0.3 is 0 Å². The highest BCUT2D eigenvalue weighted by molar-refractivity contribution is 9.10. The molecule has 0 aliphatic carbocycles. The Labute approximate surface area is 105 Å². The van der Waals surface area contributed by atoms with E-state index < -0.39 is 0 Å². The SMILES string of the molecule is CC(C)[C@@H](CO)Nc1ccc(CN)cc1Br. The maximum atomic E-state index is 9.25. The highest BCUT2D eigenvalue weighted by atomic mass is 79.9. The summed E-state index contributed by atoms with van der Waals surface area (Å²) >= 11 is 3.50. The maximum absolute atomic E-state index is 9.25. The van der Waals surface area contributed by atoms with E-state index in [1.807, 2.05) is 18.2 Å². The quantitative estimate of drug-likeness (QED) is 0.779.